The van der Waals surface area contributed by atoms with Crippen molar-refractivity contribution in [2.75, 3.05) is 13.1 Å². The number of rotatable bonds is 5. The third-order valence-electron chi connectivity index (χ3n) is 7.88. The predicted octanol–water partition coefficient (Wildman–Crippen LogP) is 6.02. The lowest BCUT2D eigenvalue weighted by atomic mass is 9.82. The fourth-order valence-corrected chi connectivity index (χ4v) is 6.10. The topological polar surface area (TPSA) is 78.6 Å². The van der Waals surface area contributed by atoms with Gasteiger partial charge in [0.25, 0.3) is 0 Å². The molecule has 0 radical (unpaired) electrons. The first-order valence-corrected chi connectivity index (χ1v) is 13.0. The van der Waals surface area contributed by atoms with Gasteiger partial charge in [-0.25, -0.2) is 4.98 Å². The van der Waals surface area contributed by atoms with Gasteiger partial charge in [0.05, 0.1) is 24.1 Å². The summed E-state index contributed by atoms with van der Waals surface area (Å²) in [6, 6.07) is 9.17. The summed E-state index contributed by atoms with van der Waals surface area (Å²) in [4.78, 5) is 8.16. The second-order valence-electron chi connectivity index (χ2n) is 10.4. The summed E-state index contributed by atoms with van der Waals surface area (Å²) in [5.41, 5.74) is 7.25. The van der Waals surface area contributed by atoms with Crippen LogP contribution >= 0.6 is 0 Å². The highest BCUT2D eigenvalue weighted by Crippen LogP contribution is 2.41. The van der Waals surface area contributed by atoms with Crippen LogP contribution < -0.4 is 5.32 Å². The van der Waals surface area contributed by atoms with Crippen LogP contribution in [0.1, 0.15) is 75.3 Å². The van der Waals surface area contributed by atoms with Crippen molar-refractivity contribution in [2.45, 2.75) is 76.4 Å². The van der Waals surface area contributed by atoms with Crippen molar-refractivity contribution in [3.05, 3.63) is 47.8 Å². The van der Waals surface area contributed by atoms with Crippen LogP contribution in [0.4, 0.5) is 0 Å². The Morgan fingerprint density at radius 2 is 1.74 bits per heavy atom. The molecule has 6 nitrogen and oxygen atoms in total. The Bertz CT molecular complexity index is 1270. The van der Waals surface area contributed by atoms with Crippen molar-refractivity contribution in [3.63, 3.8) is 0 Å². The van der Waals surface area contributed by atoms with E-state index in [4.69, 9.17) is 4.74 Å². The minimum Gasteiger partial charge on any atom is -0.375 e. The summed E-state index contributed by atoms with van der Waals surface area (Å²) in [6.07, 6.45) is 11.8. The van der Waals surface area contributed by atoms with Gasteiger partial charge in [0.2, 0.25) is 0 Å². The lowest BCUT2D eigenvalue weighted by Crippen LogP contribution is -2.35. The van der Waals surface area contributed by atoms with Gasteiger partial charge < -0.3 is 15.0 Å². The van der Waals surface area contributed by atoms with E-state index in [0.717, 1.165) is 42.5 Å². The van der Waals surface area contributed by atoms with Gasteiger partial charge in [-0.2, -0.15) is 5.10 Å². The molecule has 0 unspecified atom stereocenters. The maximum Gasteiger partial charge on any atom is 0.155 e. The Balaban J connectivity index is 1.27. The number of H-pyrrole nitrogens is 2. The van der Waals surface area contributed by atoms with Gasteiger partial charge in [-0.1, -0.05) is 19.9 Å². The summed E-state index contributed by atoms with van der Waals surface area (Å²) in [7, 11) is 0. The molecule has 0 atom stereocenters. The highest BCUT2D eigenvalue weighted by Gasteiger charge is 2.27. The Morgan fingerprint density at radius 3 is 2.53 bits per heavy atom. The molecule has 2 fully saturated rings. The van der Waals surface area contributed by atoms with Crippen LogP contribution in [0.5, 0.6) is 0 Å². The first kappa shape index (κ1) is 21.8. The van der Waals surface area contributed by atoms with Crippen LogP contribution in [0.3, 0.4) is 0 Å². The molecular weight excluding hydrogens is 422 g/mol. The van der Waals surface area contributed by atoms with Crippen LogP contribution in [0.25, 0.3) is 33.2 Å². The van der Waals surface area contributed by atoms with E-state index in [0.29, 0.717) is 24.0 Å². The summed E-state index contributed by atoms with van der Waals surface area (Å²) >= 11 is 0. The molecule has 0 bridgehead atoms. The smallest absolute Gasteiger partial charge is 0.155 e. The number of pyridine rings is 1. The minimum absolute atomic E-state index is 0.406. The van der Waals surface area contributed by atoms with E-state index < -0.39 is 0 Å². The Labute approximate surface area is 200 Å². The van der Waals surface area contributed by atoms with E-state index in [9.17, 15) is 0 Å². The van der Waals surface area contributed by atoms with E-state index in [-0.39, 0.29) is 0 Å². The van der Waals surface area contributed by atoms with Crippen LogP contribution in [-0.4, -0.2) is 45.5 Å². The minimum atomic E-state index is 0.406. The second kappa shape index (κ2) is 9.16. The maximum atomic E-state index is 6.46. The molecule has 3 aromatic heterocycles. The van der Waals surface area contributed by atoms with Crippen molar-refractivity contribution >= 4 is 21.9 Å². The lowest BCUT2D eigenvalue weighted by molar-refractivity contribution is -0.0441. The maximum absolute atomic E-state index is 6.46. The quantitative estimate of drug-likeness (QED) is 0.342. The average molecular weight is 458 g/mol. The molecule has 0 amide bonds. The summed E-state index contributed by atoms with van der Waals surface area (Å²) in [6.45, 7) is 6.77. The predicted molar refractivity (Wildman–Crippen MR) is 137 cm³/mol. The number of aromatic nitrogens is 4. The van der Waals surface area contributed by atoms with Crippen LogP contribution in [0.2, 0.25) is 0 Å². The summed E-state index contributed by atoms with van der Waals surface area (Å²) in [5.74, 6) is 1.03. The molecule has 0 spiro atoms. The number of hydrogen-bond donors (Lipinski definition) is 3. The van der Waals surface area contributed by atoms with Crippen LogP contribution in [-0.2, 0) is 4.74 Å². The molecule has 4 heterocycles. The van der Waals surface area contributed by atoms with Gasteiger partial charge in [0, 0.05) is 28.0 Å². The van der Waals surface area contributed by atoms with E-state index in [2.05, 4.69) is 63.6 Å². The SMILES string of the molecule is CC(C)c1c(-c2ccnc3[nH]ncc23)[nH]c2ccc(C3CCC(OC4CCNCC4)CC3)cc12. The van der Waals surface area contributed by atoms with Crippen molar-refractivity contribution in [1.82, 2.24) is 25.5 Å². The van der Waals surface area contributed by atoms with Crippen molar-refractivity contribution < 1.29 is 4.74 Å². The molecule has 1 aromatic carbocycles. The average Bonchev–Trinajstić information content (AvgIpc) is 3.49. The molecule has 178 valence electrons. The van der Waals surface area contributed by atoms with Gasteiger partial charge in [0.1, 0.15) is 0 Å². The molecule has 2 aliphatic rings. The van der Waals surface area contributed by atoms with Crippen LogP contribution in [0, 0.1) is 0 Å². The number of aromatic amines is 2. The number of hydrogen-bond acceptors (Lipinski definition) is 4. The van der Waals surface area contributed by atoms with E-state index in [1.54, 1.807) is 0 Å². The third kappa shape index (κ3) is 4.03. The first-order valence-electron chi connectivity index (χ1n) is 13.0. The van der Waals surface area contributed by atoms with E-state index in [1.807, 2.05) is 12.4 Å². The van der Waals surface area contributed by atoms with E-state index >= 15 is 0 Å². The van der Waals surface area contributed by atoms with Gasteiger partial charge >= 0.3 is 0 Å². The fourth-order valence-electron chi connectivity index (χ4n) is 6.10. The van der Waals surface area contributed by atoms with Crippen LogP contribution in [0.15, 0.2) is 36.7 Å². The number of nitrogens with zero attached hydrogens (tertiary/aromatic N) is 2. The zero-order valence-electron chi connectivity index (χ0n) is 20.2. The summed E-state index contributed by atoms with van der Waals surface area (Å²) < 4.78 is 6.46. The monoisotopic (exact) mass is 457 g/mol. The number of piperidine rings is 1. The molecule has 1 saturated carbocycles. The number of fused-ring (bicyclic) bond motifs is 2. The Kier molecular flexibility index (Phi) is 5.87. The normalized spacial score (nSPS) is 22.2. The highest BCUT2D eigenvalue weighted by molar-refractivity contribution is 5.98. The lowest BCUT2D eigenvalue weighted by Gasteiger charge is -2.33. The molecule has 6 heteroatoms. The molecule has 1 aliphatic carbocycles. The second-order valence-corrected chi connectivity index (χ2v) is 10.4. The zero-order chi connectivity index (χ0) is 23.1. The number of ether oxygens (including phenoxy) is 1. The highest BCUT2D eigenvalue weighted by atomic mass is 16.5. The van der Waals surface area contributed by atoms with Crippen molar-refractivity contribution in [2.24, 2.45) is 0 Å². The number of benzene rings is 1. The molecular formula is C28H35N5O. The number of nitrogens with one attached hydrogen (secondary N) is 3. The first-order chi connectivity index (χ1) is 16.7. The molecule has 34 heavy (non-hydrogen) atoms. The fraction of sp³-hybridized carbons (Fsp3) is 0.500. The molecule has 1 aliphatic heterocycles. The third-order valence-corrected chi connectivity index (χ3v) is 7.88. The van der Waals surface area contributed by atoms with Gasteiger partial charge in [-0.05, 0) is 92.8 Å². The molecule has 6 rings (SSSR count). The van der Waals surface area contributed by atoms with Crippen molar-refractivity contribution in [1.29, 1.82) is 0 Å². The van der Waals surface area contributed by atoms with E-state index in [1.165, 1.54) is 53.4 Å². The Hall–Kier alpha value is -2.70. The zero-order valence-corrected chi connectivity index (χ0v) is 20.2. The molecule has 3 N–H and O–H groups in total. The van der Waals surface area contributed by atoms with Gasteiger partial charge in [0.15, 0.2) is 5.65 Å². The molecule has 4 aromatic rings. The largest absolute Gasteiger partial charge is 0.375 e. The summed E-state index contributed by atoms with van der Waals surface area (Å²) in [5, 5.41) is 13.1. The van der Waals surface area contributed by atoms with Gasteiger partial charge in [-0.15, -0.1) is 0 Å². The molecule has 1 saturated heterocycles. The standard InChI is InChI=1S/C28H35N5O/c1-17(2)26-23-15-19(18-3-6-20(7-4-18)34-21-9-12-29-13-10-21)5-8-25(23)32-27(26)22-11-14-30-28-24(22)16-31-33-28/h5,8,11,14-18,20-21,29,32H,3-4,6-7,9-10,12-13H2,1-2H3,(H,30,31,33). The van der Waals surface area contributed by atoms with Gasteiger partial charge in [-0.3, -0.25) is 5.10 Å². The Morgan fingerprint density at radius 1 is 0.941 bits per heavy atom. The van der Waals surface area contributed by atoms with Crippen molar-refractivity contribution in [3.8, 4) is 11.3 Å².